The topological polar surface area (TPSA) is 78.5 Å². The van der Waals surface area contributed by atoms with Crippen LogP contribution in [-0.4, -0.2) is 39.7 Å². The van der Waals surface area contributed by atoms with E-state index in [1.807, 2.05) is 6.07 Å². The lowest BCUT2D eigenvalue weighted by Crippen LogP contribution is -2.37. The summed E-state index contributed by atoms with van der Waals surface area (Å²) in [5.41, 5.74) is 4.19. The monoisotopic (exact) mass is 387 g/mol. The second-order valence-corrected chi connectivity index (χ2v) is 8.78. The molecular weight excluding hydrogens is 362 g/mol. The molecule has 1 heterocycles. The van der Waals surface area contributed by atoms with Gasteiger partial charge in [0.1, 0.15) is 0 Å². The molecule has 0 saturated carbocycles. The third kappa shape index (κ3) is 4.60. The first-order valence-electron chi connectivity index (χ1n) is 8.96. The average molecular weight is 388 g/mol. The molecule has 7 heteroatoms. The summed E-state index contributed by atoms with van der Waals surface area (Å²) in [6.45, 7) is 5.22. The van der Waals surface area contributed by atoms with Crippen molar-refractivity contribution in [3.63, 3.8) is 0 Å². The number of fused-ring (bicyclic) bond motifs is 1. The van der Waals surface area contributed by atoms with Gasteiger partial charge in [-0.3, -0.25) is 9.52 Å². The zero-order valence-electron chi connectivity index (χ0n) is 15.8. The van der Waals surface area contributed by atoms with Crippen molar-refractivity contribution in [2.75, 3.05) is 29.0 Å². The maximum absolute atomic E-state index is 12.5. The van der Waals surface area contributed by atoms with Crippen LogP contribution < -0.4 is 14.9 Å². The van der Waals surface area contributed by atoms with Gasteiger partial charge in [-0.1, -0.05) is 24.3 Å². The van der Waals surface area contributed by atoms with Gasteiger partial charge in [-0.15, -0.1) is 0 Å². The number of nitrogens with zero attached hydrogens (tertiary/aromatic N) is 1. The van der Waals surface area contributed by atoms with Crippen LogP contribution in [0.3, 0.4) is 0 Å². The van der Waals surface area contributed by atoms with Crippen molar-refractivity contribution in [2.24, 2.45) is 0 Å². The molecule has 0 saturated heterocycles. The van der Waals surface area contributed by atoms with E-state index < -0.39 is 10.0 Å². The molecule has 0 spiro atoms. The molecule has 2 aromatic carbocycles. The van der Waals surface area contributed by atoms with Crippen LogP contribution >= 0.6 is 0 Å². The summed E-state index contributed by atoms with van der Waals surface area (Å²) in [5.74, 6) is -0.216. The first-order valence-corrected chi connectivity index (χ1v) is 10.8. The molecular formula is C20H25N3O3S. The second-order valence-electron chi connectivity index (χ2n) is 7.04. The Morgan fingerprint density at radius 3 is 2.70 bits per heavy atom. The molecule has 1 amide bonds. The van der Waals surface area contributed by atoms with Gasteiger partial charge in [0.15, 0.2) is 0 Å². The standard InChI is InChI=1S/C20H25N3O3S/c1-14-8-9-17(13-18(14)22-27(3,25)26)20(24)21-10-11-23-15(2)12-16-6-4-5-7-19(16)23/h4-9,13,15,22H,10-12H2,1-3H3,(H,21,24). The van der Waals surface area contributed by atoms with E-state index in [1.54, 1.807) is 25.1 Å². The molecule has 144 valence electrons. The van der Waals surface area contributed by atoms with Crippen LogP contribution in [0.1, 0.15) is 28.4 Å². The van der Waals surface area contributed by atoms with Gasteiger partial charge in [-0.2, -0.15) is 0 Å². The van der Waals surface area contributed by atoms with Crippen molar-refractivity contribution < 1.29 is 13.2 Å². The molecule has 0 radical (unpaired) electrons. The van der Waals surface area contributed by atoms with Gasteiger partial charge in [0.05, 0.1) is 11.9 Å². The molecule has 3 rings (SSSR count). The Morgan fingerprint density at radius 1 is 1.22 bits per heavy atom. The quantitative estimate of drug-likeness (QED) is 0.798. The highest BCUT2D eigenvalue weighted by atomic mass is 32.2. The number of nitrogens with one attached hydrogen (secondary N) is 2. The Morgan fingerprint density at radius 2 is 1.96 bits per heavy atom. The smallest absolute Gasteiger partial charge is 0.251 e. The lowest BCUT2D eigenvalue weighted by molar-refractivity contribution is 0.0954. The van der Waals surface area contributed by atoms with Crippen molar-refractivity contribution in [3.8, 4) is 0 Å². The van der Waals surface area contributed by atoms with Crippen LogP contribution in [0.4, 0.5) is 11.4 Å². The minimum Gasteiger partial charge on any atom is -0.367 e. The number of hydrogen-bond acceptors (Lipinski definition) is 4. The molecule has 0 bridgehead atoms. The van der Waals surface area contributed by atoms with E-state index in [-0.39, 0.29) is 5.91 Å². The van der Waals surface area contributed by atoms with E-state index in [0.717, 1.165) is 24.8 Å². The number of amides is 1. The number of sulfonamides is 1. The number of carbonyl (C=O) groups is 1. The molecule has 6 nitrogen and oxygen atoms in total. The fourth-order valence-corrected chi connectivity index (χ4v) is 4.05. The number of hydrogen-bond donors (Lipinski definition) is 2. The van der Waals surface area contributed by atoms with Crippen LogP contribution in [0.15, 0.2) is 42.5 Å². The Hall–Kier alpha value is -2.54. The second kappa shape index (κ2) is 7.60. The van der Waals surface area contributed by atoms with Crippen molar-refractivity contribution in [1.82, 2.24) is 5.32 Å². The number of para-hydroxylation sites is 1. The Labute approximate surface area is 160 Å². The van der Waals surface area contributed by atoms with Gasteiger partial charge >= 0.3 is 0 Å². The Kier molecular flexibility index (Phi) is 5.41. The first-order chi connectivity index (χ1) is 12.7. The minimum absolute atomic E-state index is 0.216. The zero-order valence-corrected chi connectivity index (χ0v) is 16.6. The van der Waals surface area contributed by atoms with E-state index in [9.17, 15) is 13.2 Å². The Bertz CT molecular complexity index is 957. The highest BCUT2D eigenvalue weighted by molar-refractivity contribution is 7.92. The summed E-state index contributed by atoms with van der Waals surface area (Å²) in [6, 6.07) is 13.8. The number of carbonyl (C=O) groups excluding carboxylic acids is 1. The molecule has 2 N–H and O–H groups in total. The largest absolute Gasteiger partial charge is 0.367 e. The number of rotatable bonds is 6. The summed E-state index contributed by atoms with van der Waals surface area (Å²) in [4.78, 5) is 14.8. The predicted molar refractivity (Wildman–Crippen MR) is 109 cm³/mol. The Balaban J connectivity index is 1.62. The van der Waals surface area contributed by atoms with Gasteiger partial charge in [-0.25, -0.2) is 8.42 Å². The average Bonchev–Trinajstić information content (AvgIpc) is 2.91. The highest BCUT2D eigenvalue weighted by Gasteiger charge is 2.24. The maximum atomic E-state index is 12.5. The van der Waals surface area contributed by atoms with Crippen LogP contribution in [0, 0.1) is 6.92 Å². The molecule has 0 aliphatic carbocycles. The number of benzene rings is 2. The fraction of sp³-hybridized carbons (Fsp3) is 0.350. The number of anilines is 2. The summed E-state index contributed by atoms with van der Waals surface area (Å²) < 4.78 is 25.4. The molecule has 1 aliphatic heterocycles. The van der Waals surface area contributed by atoms with Crippen LogP contribution in [0.5, 0.6) is 0 Å². The summed E-state index contributed by atoms with van der Waals surface area (Å²) in [7, 11) is -3.39. The fourth-order valence-electron chi connectivity index (χ4n) is 3.44. The molecule has 1 aliphatic rings. The molecule has 27 heavy (non-hydrogen) atoms. The van der Waals surface area contributed by atoms with Crippen molar-refractivity contribution >= 4 is 27.3 Å². The summed E-state index contributed by atoms with van der Waals surface area (Å²) in [5, 5.41) is 2.93. The lowest BCUT2D eigenvalue weighted by Gasteiger charge is -2.25. The first kappa shape index (κ1) is 19.2. The normalized spacial score (nSPS) is 16.1. The third-order valence-corrected chi connectivity index (χ3v) is 5.37. The van der Waals surface area contributed by atoms with Gasteiger partial charge in [-0.05, 0) is 49.6 Å². The van der Waals surface area contributed by atoms with Crippen LogP contribution in [0.25, 0.3) is 0 Å². The van der Waals surface area contributed by atoms with E-state index in [2.05, 4.69) is 40.1 Å². The van der Waals surface area contributed by atoms with Crippen LogP contribution in [0.2, 0.25) is 0 Å². The van der Waals surface area contributed by atoms with E-state index in [1.165, 1.54) is 11.3 Å². The minimum atomic E-state index is -3.39. The zero-order chi connectivity index (χ0) is 19.6. The van der Waals surface area contributed by atoms with Gasteiger partial charge in [0.25, 0.3) is 5.91 Å². The predicted octanol–water partition coefficient (Wildman–Crippen LogP) is 2.55. The summed E-state index contributed by atoms with van der Waals surface area (Å²) >= 11 is 0. The van der Waals surface area contributed by atoms with E-state index in [0.29, 0.717) is 23.8 Å². The lowest BCUT2D eigenvalue weighted by atomic mass is 10.1. The van der Waals surface area contributed by atoms with Crippen molar-refractivity contribution in [1.29, 1.82) is 0 Å². The number of aryl methyl sites for hydroxylation is 1. The van der Waals surface area contributed by atoms with Crippen molar-refractivity contribution in [2.45, 2.75) is 26.3 Å². The molecule has 0 fully saturated rings. The van der Waals surface area contributed by atoms with E-state index in [4.69, 9.17) is 0 Å². The van der Waals surface area contributed by atoms with Gasteiger partial charge in [0, 0.05) is 30.4 Å². The SMILES string of the molecule is Cc1ccc(C(=O)NCCN2c3ccccc3CC2C)cc1NS(C)(=O)=O. The molecule has 0 aromatic heterocycles. The summed E-state index contributed by atoms with van der Waals surface area (Å²) in [6.07, 6.45) is 2.11. The van der Waals surface area contributed by atoms with Gasteiger partial charge < -0.3 is 10.2 Å². The third-order valence-electron chi connectivity index (χ3n) is 4.78. The molecule has 1 unspecified atom stereocenters. The van der Waals surface area contributed by atoms with Crippen LogP contribution in [-0.2, 0) is 16.4 Å². The van der Waals surface area contributed by atoms with Crippen molar-refractivity contribution in [3.05, 3.63) is 59.2 Å². The molecule has 2 aromatic rings. The molecule has 1 atom stereocenters. The highest BCUT2D eigenvalue weighted by Crippen LogP contribution is 2.31. The van der Waals surface area contributed by atoms with Gasteiger partial charge in [0.2, 0.25) is 10.0 Å². The van der Waals surface area contributed by atoms with E-state index >= 15 is 0 Å². The maximum Gasteiger partial charge on any atom is 0.251 e.